The largest absolute Gasteiger partial charge is 0.326 e. The molecule has 0 unspecified atom stereocenters. The number of hydrogen-bond donors (Lipinski definition) is 2. The fourth-order valence-electron chi connectivity index (χ4n) is 1.72. The highest BCUT2D eigenvalue weighted by molar-refractivity contribution is 9.10. The lowest BCUT2D eigenvalue weighted by atomic mass is 10.2. The number of anilines is 1. The number of amides is 1. The maximum atomic E-state index is 11.7. The lowest BCUT2D eigenvalue weighted by Gasteiger charge is -2.07. The molecule has 0 aromatic heterocycles. The smallest absolute Gasteiger partial charge is 0.225 e. The number of rotatable bonds is 8. The van der Waals surface area contributed by atoms with Crippen LogP contribution in [0.25, 0.3) is 0 Å². The second kappa shape index (κ2) is 9.10. The van der Waals surface area contributed by atoms with E-state index in [9.17, 15) is 4.79 Å². The van der Waals surface area contributed by atoms with Crippen LogP contribution < -0.4 is 10.6 Å². The summed E-state index contributed by atoms with van der Waals surface area (Å²) in [5.41, 5.74) is 2.00. The fourth-order valence-corrected chi connectivity index (χ4v) is 2.10. The fraction of sp³-hybridized carbons (Fsp3) is 0.533. The summed E-state index contributed by atoms with van der Waals surface area (Å²) in [7, 11) is 0. The molecule has 4 heteroatoms. The van der Waals surface area contributed by atoms with Gasteiger partial charge in [-0.2, -0.15) is 0 Å². The second-order valence-electron chi connectivity index (χ2n) is 4.72. The molecule has 1 aromatic carbocycles. The Bertz CT molecular complexity index is 407. The first-order valence-electron chi connectivity index (χ1n) is 6.90. The summed E-state index contributed by atoms with van der Waals surface area (Å²) < 4.78 is 1.02. The quantitative estimate of drug-likeness (QED) is 0.712. The van der Waals surface area contributed by atoms with Crippen molar-refractivity contribution in [3.63, 3.8) is 0 Å². The van der Waals surface area contributed by atoms with Crippen molar-refractivity contribution in [2.24, 2.45) is 0 Å². The Morgan fingerprint density at radius 3 is 2.74 bits per heavy atom. The lowest BCUT2D eigenvalue weighted by molar-refractivity contribution is -0.116. The van der Waals surface area contributed by atoms with Crippen molar-refractivity contribution in [1.29, 1.82) is 0 Å². The minimum Gasteiger partial charge on any atom is -0.326 e. The molecule has 0 bridgehead atoms. The maximum Gasteiger partial charge on any atom is 0.225 e. The second-order valence-corrected chi connectivity index (χ2v) is 5.57. The minimum absolute atomic E-state index is 0.0544. The number of nitrogens with one attached hydrogen (secondary N) is 2. The van der Waals surface area contributed by atoms with Gasteiger partial charge in [0.1, 0.15) is 0 Å². The van der Waals surface area contributed by atoms with Crippen LogP contribution in [0.15, 0.2) is 22.7 Å². The molecule has 3 nitrogen and oxygen atoms in total. The molecule has 19 heavy (non-hydrogen) atoms. The molecule has 1 rings (SSSR count). The Kier molecular flexibility index (Phi) is 7.75. The van der Waals surface area contributed by atoms with Crippen molar-refractivity contribution in [2.45, 2.75) is 39.5 Å². The molecular formula is C15H23BrN2O. The molecule has 0 aliphatic carbocycles. The van der Waals surface area contributed by atoms with Gasteiger partial charge in [0.25, 0.3) is 0 Å². The van der Waals surface area contributed by atoms with Crippen molar-refractivity contribution in [3.8, 4) is 0 Å². The Morgan fingerprint density at radius 1 is 1.26 bits per heavy atom. The van der Waals surface area contributed by atoms with Gasteiger partial charge in [-0.15, -0.1) is 0 Å². The highest BCUT2D eigenvalue weighted by Gasteiger charge is 2.03. The van der Waals surface area contributed by atoms with Crippen molar-refractivity contribution in [2.75, 3.05) is 18.4 Å². The Morgan fingerprint density at radius 2 is 2.05 bits per heavy atom. The Labute approximate surface area is 124 Å². The molecule has 0 fully saturated rings. The molecule has 0 saturated heterocycles. The van der Waals surface area contributed by atoms with E-state index in [0.717, 1.165) is 28.8 Å². The Hall–Kier alpha value is -0.870. The summed E-state index contributed by atoms with van der Waals surface area (Å²) in [6, 6.07) is 5.84. The maximum absolute atomic E-state index is 11.7. The third-order valence-electron chi connectivity index (χ3n) is 2.94. The van der Waals surface area contributed by atoms with Gasteiger partial charge in [-0.05, 0) is 37.6 Å². The first-order chi connectivity index (χ1) is 9.13. The monoisotopic (exact) mass is 326 g/mol. The van der Waals surface area contributed by atoms with Crippen LogP contribution in [0, 0.1) is 6.92 Å². The van der Waals surface area contributed by atoms with Crippen LogP contribution in [0.1, 0.15) is 38.2 Å². The minimum atomic E-state index is 0.0544. The van der Waals surface area contributed by atoms with Gasteiger partial charge in [-0.25, -0.2) is 0 Å². The van der Waals surface area contributed by atoms with Crippen LogP contribution in [0.4, 0.5) is 5.69 Å². The average molecular weight is 327 g/mol. The number of carbonyl (C=O) groups excluding carboxylic acids is 1. The van der Waals surface area contributed by atoms with Crippen LogP contribution in [-0.2, 0) is 4.79 Å². The number of unbranched alkanes of at least 4 members (excludes halogenated alkanes) is 2. The molecule has 0 atom stereocenters. The van der Waals surface area contributed by atoms with Crippen molar-refractivity contribution < 1.29 is 4.79 Å². The van der Waals surface area contributed by atoms with E-state index in [1.807, 2.05) is 25.1 Å². The highest BCUT2D eigenvalue weighted by Crippen LogP contribution is 2.20. The van der Waals surface area contributed by atoms with E-state index in [2.05, 4.69) is 33.5 Å². The van der Waals surface area contributed by atoms with E-state index < -0.39 is 0 Å². The predicted molar refractivity (Wildman–Crippen MR) is 84.5 cm³/mol. The van der Waals surface area contributed by atoms with E-state index in [0.29, 0.717) is 6.42 Å². The topological polar surface area (TPSA) is 41.1 Å². The van der Waals surface area contributed by atoms with Crippen molar-refractivity contribution in [3.05, 3.63) is 28.2 Å². The van der Waals surface area contributed by atoms with Crippen LogP contribution >= 0.6 is 15.9 Å². The zero-order valence-electron chi connectivity index (χ0n) is 11.8. The summed E-state index contributed by atoms with van der Waals surface area (Å²) in [6.45, 7) is 5.95. The average Bonchev–Trinajstić information content (AvgIpc) is 2.38. The van der Waals surface area contributed by atoms with Gasteiger partial charge in [0, 0.05) is 23.1 Å². The SMILES string of the molecule is CCCCCNCCC(=O)Nc1ccc(C)c(Br)c1. The first kappa shape index (κ1) is 16.2. The number of halogens is 1. The zero-order chi connectivity index (χ0) is 14.1. The van der Waals surface area contributed by atoms with Crippen LogP contribution in [0.2, 0.25) is 0 Å². The van der Waals surface area contributed by atoms with Gasteiger partial charge in [-0.1, -0.05) is 41.8 Å². The molecule has 0 radical (unpaired) electrons. The van der Waals surface area contributed by atoms with Crippen molar-refractivity contribution in [1.82, 2.24) is 5.32 Å². The molecule has 0 saturated carbocycles. The molecule has 0 aliphatic rings. The van der Waals surface area contributed by atoms with Gasteiger partial charge >= 0.3 is 0 Å². The van der Waals surface area contributed by atoms with E-state index in [-0.39, 0.29) is 5.91 Å². The summed E-state index contributed by atoms with van der Waals surface area (Å²) in [6.07, 6.45) is 4.17. The van der Waals surface area contributed by atoms with Crippen LogP contribution in [0.5, 0.6) is 0 Å². The highest BCUT2D eigenvalue weighted by atomic mass is 79.9. The molecule has 106 valence electrons. The third kappa shape index (κ3) is 6.73. The van der Waals surface area contributed by atoms with Gasteiger partial charge in [0.05, 0.1) is 0 Å². The van der Waals surface area contributed by atoms with Crippen LogP contribution in [-0.4, -0.2) is 19.0 Å². The number of aryl methyl sites for hydroxylation is 1. The number of benzene rings is 1. The number of hydrogen-bond acceptors (Lipinski definition) is 2. The summed E-state index contributed by atoms with van der Waals surface area (Å²) in [5.74, 6) is 0.0544. The van der Waals surface area contributed by atoms with E-state index >= 15 is 0 Å². The molecular weight excluding hydrogens is 304 g/mol. The number of carbonyl (C=O) groups is 1. The standard InChI is InChI=1S/C15H23BrN2O/c1-3-4-5-9-17-10-8-15(19)18-13-7-6-12(2)14(16)11-13/h6-7,11,17H,3-5,8-10H2,1-2H3,(H,18,19). The summed E-state index contributed by atoms with van der Waals surface area (Å²) >= 11 is 3.46. The normalized spacial score (nSPS) is 10.5. The summed E-state index contributed by atoms with van der Waals surface area (Å²) in [4.78, 5) is 11.7. The van der Waals surface area contributed by atoms with E-state index in [1.165, 1.54) is 19.3 Å². The van der Waals surface area contributed by atoms with E-state index in [1.54, 1.807) is 0 Å². The molecule has 2 N–H and O–H groups in total. The van der Waals surface area contributed by atoms with Gasteiger partial charge in [0.2, 0.25) is 5.91 Å². The van der Waals surface area contributed by atoms with Gasteiger partial charge in [-0.3, -0.25) is 4.79 Å². The van der Waals surface area contributed by atoms with Crippen molar-refractivity contribution >= 4 is 27.5 Å². The lowest BCUT2D eigenvalue weighted by Crippen LogP contribution is -2.22. The predicted octanol–water partition coefficient (Wildman–Crippen LogP) is 3.87. The van der Waals surface area contributed by atoms with Crippen LogP contribution in [0.3, 0.4) is 0 Å². The summed E-state index contributed by atoms with van der Waals surface area (Å²) in [5, 5.41) is 6.19. The molecule has 0 aliphatic heterocycles. The Balaban J connectivity index is 2.21. The molecule has 1 amide bonds. The third-order valence-corrected chi connectivity index (χ3v) is 3.80. The molecule has 0 spiro atoms. The molecule has 1 aromatic rings. The van der Waals surface area contributed by atoms with Gasteiger partial charge in [0.15, 0.2) is 0 Å². The molecule has 0 heterocycles. The van der Waals surface area contributed by atoms with E-state index in [4.69, 9.17) is 0 Å². The van der Waals surface area contributed by atoms with Gasteiger partial charge < -0.3 is 10.6 Å². The first-order valence-corrected chi connectivity index (χ1v) is 7.69. The zero-order valence-corrected chi connectivity index (χ0v) is 13.3.